The Morgan fingerprint density at radius 1 is 1.06 bits per heavy atom. The number of ether oxygens (including phenoxy) is 2. The summed E-state index contributed by atoms with van der Waals surface area (Å²) in [7, 11) is -0.586. The Balaban J connectivity index is 1.57. The highest BCUT2D eigenvalue weighted by atomic mass is 19.1. The first kappa shape index (κ1) is 23.3. The molecule has 3 aromatic rings. The van der Waals surface area contributed by atoms with Crippen LogP contribution in [0.25, 0.3) is 11.0 Å². The largest absolute Gasteiger partial charge is 0.498 e. The van der Waals surface area contributed by atoms with Crippen LogP contribution in [0.3, 0.4) is 0 Å². The third kappa shape index (κ3) is 4.92. The summed E-state index contributed by atoms with van der Waals surface area (Å²) in [6.07, 6.45) is 2.05. The summed E-state index contributed by atoms with van der Waals surface area (Å²) in [5.74, 6) is -0.348. The van der Waals surface area contributed by atoms with Crippen molar-refractivity contribution in [2.75, 3.05) is 6.61 Å². The maximum absolute atomic E-state index is 13.9. The summed E-state index contributed by atoms with van der Waals surface area (Å²) < 4.78 is 43.1. The molecule has 1 fully saturated rings. The van der Waals surface area contributed by atoms with E-state index < -0.39 is 24.1 Å². The predicted octanol–water partition coefficient (Wildman–Crippen LogP) is 4.56. The number of halogens is 1. The third-order valence-electron chi connectivity index (χ3n) is 6.25. The van der Waals surface area contributed by atoms with E-state index in [4.69, 9.17) is 23.2 Å². The lowest BCUT2D eigenvalue weighted by Crippen LogP contribution is -2.41. The number of rotatable bonds is 7. The van der Waals surface area contributed by atoms with Crippen LogP contribution in [-0.4, -0.2) is 30.9 Å². The quantitative estimate of drug-likeness (QED) is 0.385. The normalized spacial score (nSPS) is 16.8. The van der Waals surface area contributed by atoms with E-state index in [1.54, 1.807) is 12.3 Å². The standard InChI is InChI=1S/C25H28BFO6/c1-16(28)29-10-8-18-6-7-20(27)14-22(18)31-15-17-12-19-9-11-30-23(19)21(13-17)26-32-24(2,3)25(4,5)33-26/h6-7,9,11-14H,8,10,15H2,1-5H3. The van der Waals surface area contributed by atoms with Crippen LogP contribution in [0.1, 0.15) is 45.7 Å². The Labute approximate surface area is 193 Å². The first-order valence-electron chi connectivity index (χ1n) is 11.0. The Hall–Kier alpha value is -2.84. The number of fused-ring (bicyclic) bond motifs is 1. The highest BCUT2D eigenvalue weighted by molar-refractivity contribution is 6.64. The van der Waals surface area contributed by atoms with E-state index in [0.29, 0.717) is 17.8 Å². The number of benzene rings is 2. The fourth-order valence-electron chi connectivity index (χ4n) is 3.74. The molecule has 8 heteroatoms. The molecule has 6 nitrogen and oxygen atoms in total. The maximum atomic E-state index is 13.9. The van der Waals surface area contributed by atoms with Crippen LogP contribution in [0, 0.1) is 5.82 Å². The van der Waals surface area contributed by atoms with Crippen molar-refractivity contribution < 1.29 is 32.4 Å². The Bertz CT molecular complexity index is 1150. The van der Waals surface area contributed by atoms with Gasteiger partial charge in [0.05, 0.1) is 24.1 Å². The molecule has 0 N–H and O–H groups in total. The molecule has 1 aliphatic heterocycles. The molecule has 0 unspecified atom stereocenters. The topological polar surface area (TPSA) is 67.1 Å². The number of hydrogen-bond donors (Lipinski definition) is 0. The molecule has 2 aromatic carbocycles. The van der Waals surface area contributed by atoms with Gasteiger partial charge in [0.15, 0.2) is 0 Å². The number of furan rings is 1. The summed E-state index contributed by atoms with van der Waals surface area (Å²) in [6.45, 7) is 9.76. The van der Waals surface area contributed by atoms with E-state index in [0.717, 1.165) is 22.0 Å². The summed E-state index contributed by atoms with van der Waals surface area (Å²) >= 11 is 0. The van der Waals surface area contributed by atoms with Crippen LogP contribution in [0.5, 0.6) is 5.75 Å². The Morgan fingerprint density at radius 2 is 1.79 bits per heavy atom. The minimum Gasteiger partial charge on any atom is -0.489 e. The van der Waals surface area contributed by atoms with E-state index in [1.807, 2.05) is 45.9 Å². The van der Waals surface area contributed by atoms with Crippen LogP contribution in [0.2, 0.25) is 0 Å². The van der Waals surface area contributed by atoms with Gasteiger partial charge in [-0.25, -0.2) is 4.39 Å². The van der Waals surface area contributed by atoms with Gasteiger partial charge in [-0.1, -0.05) is 12.1 Å². The molecule has 1 saturated heterocycles. The maximum Gasteiger partial charge on any atom is 0.498 e. The van der Waals surface area contributed by atoms with Gasteiger partial charge in [-0.2, -0.15) is 0 Å². The molecule has 2 heterocycles. The zero-order valence-electron chi connectivity index (χ0n) is 19.6. The Morgan fingerprint density at radius 3 is 2.48 bits per heavy atom. The van der Waals surface area contributed by atoms with Crippen molar-refractivity contribution in [1.29, 1.82) is 0 Å². The highest BCUT2D eigenvalue weighted by Gasteiger charge is 2.52. The predicted molar refractivity (Wildman–Crippen MR) is 123 cm³/mol. The van der Waals surface area contributed by atoms with Gasteiger partial charge in [0, 0.05) is 30.3 Å². The smallest absolute Gasteiger partial charge is 0.489 e. The first-order chi connectivity index (χ1) is 15.6. The summed E-state index contributed by atoms with van der Waals surface area (Å²) in [6, 6.07) is 10.1. The van der Waals surface area contributed by atoms with Gasteiger partial charge in [-0.05, 0) is 57.0 Å². The average Bonchev–Trinajstić information content (AvgIpc) is 3.28. The minimum absolute atomic E-state index is 0.199. The van der Waals surface area contributed by atoms with Crippen molar-refractivity contribution in [3.05, 3.63) is 59.6 Å². The molecule has 4 rings (SSSR count). The van der Waals surface area contributed by atoms with Gasteiger partial charge >= 0.3 is 13.1 Å². The molecule has 0 bridgehead atoms. The number of carbonyl (C=O) groups excluding carboxylic acids is 1. The molecular formula is C25H28BFO6. The molecule has 1 aliphatic rings. The average molecular weight is 454 g/mol. The van der Waals surface area contributed by atoms with Gasteiger partial charge in [0.1, 0.15) is 23.8 Å². The van der Waals surface area contributed by atoms with Gasteiger partial charge in [0.25, 0.3) is 0 Å². The zero-order valence-corrected chi connectivity index (χ0v) is 19.6. The minimum atomic E-state index is -0.586. The number of carbonyl (C=O) groups is 1. The molecule has 33 heavy (non-hydrogen) atoms. The van der Waals surface area contributed by atoms with Crippen LogP contribution < -0.4 is 10.2 Å². The summed E-state index contributed by atoms with van der Waals surface area (Å²) in [5.41, 5.74) is 2.13. The van der Waals surface area contributed by atoms with E-state index in [1.165, 1.54) is 19.1 Å². The number of hydrogen-bond acceptors (Lipinski definition) is 6. The highest BCUT2D eigenvalue weighted by Crippen LogP contribution is 2.37. The fraction of sp³-hybridized carbons (Fsp3) is 0.400. The summed E-state index contributed by atoms with van der Waals surface area (Å²) in [5, 5.41) is 0.898. The fourth-order valence-corrected chi connectivity index (χ4v) is 3.74. The van der Waals surface area contributed by atoms with E-state index >= 15 is 0 Å². The van der Waals surface area contributed by atoms with Crippen LogP contribution in [0.4, 0.5) is 4.39 Å². The SMILES string of the molecule is CC(=O)OCCc1ccc(F)cc1OCc1cc(B2OC(C)(C)C(C)(C)O2)c2occc2c1. The lowest BCUT2D eigenvalue weighted by molar-refractivity contribution is -0.140. The second-order valence-electron chi connectivity index (χ2n) is 9.24. The molecule has 1 aromatic heterocycles. The molecule has 0 radical (unpaired) electrons. The molecule has 0 amide bonds. The lowest BCUT2D eigenvalue weighted by atomic mass is 9.77. The second kappa shape index (κ2) is 8.84. The third-order valence-corrected chi connectivity index (χ3v) is 6.25. The van der Waals surface area contributed by atoms with Crippen LogP contribution in [-0.2, 0) is 31.9 Å². The molecule has 0 spiro atoms. The monoisotopic (exact) mass is 454 g/mol. The van der Waals surface area contributed by atoms with Crippen molar-refractivity contribution in [2.24, 2.45) is 0 Å². The lowest BCUT2D eigenvalue weighted by Gasteiger charge is -2.32. The molecule has 0 aliphatic carbocycles. The molecule has 174 valence electrons. The van der Waals surface area contributed by atoms with Crippen molar-refractivity contribution in [3.63, 3.8) is 0 Å². The molecule has 0 saturated carbocycles. The van der Waals surface area contributed by atoms with Crippen molar-refractivity contribution >= 4 is 29.5 Å². The second-order valence-corrected chi connectivity index (χ2v) is 9.24. The van der Waals surface area contributed by atoms with Gasteiger partial charge in [-0.15, -0.1) is 0 Å². The Kier molecular flexibility index (Phi) is 6.25. The van der Waals surface area contributed by atoms with E-state index in [9.17, 15) is 9.18 Å². The van der Waals surface area contributed by atoms with Gasteiger partial charge in [-0.3, -0.25) is 4.79 Å². The van der Waals surface area contributed by atoms with Crippen molar-refractivity contribution in [1.82, 2.24) is 0 Å². The van der Waals surface area contributed by atoms with Crippen molar-refractivity contribution in [3.8, 4) is 5.75 Å². The first-order valence-corrected chi connectivity index (χ1v) is 11.0. The van der Waals surface area contributed by atoms with Crippen LogP contribution in [0.15, 0.2) is 47.1 Å². The summed E-state index contributed by atoms with van der Waals surface area (Å²) in [4.78, 5) is 11.0. The zero-order chi connectivity index (χ0) is 23.8. The van der Waals surface area contributed by atoms with Crippen LogP contribution >= 0.6 is 0 Å². The van der Waals surface area contributed by atoms with Gasteiger partial charge < -0.3 is 23.2 Å². The van der Waals surface area contributed by atoms with Gasteiger partial charge in [0.2, 0.25) is 0 Å². The number of esters is 1. The molecular weight excluding hydrogens is 426 g/mol. The van der Waals surface area contributed by atoms with E-state index in [-0.39, 0.29) is 19.2 Å². The van der Waals surface area contributed by atoms with Crippen molar-refractivity contribution in [2.45, 2.75) is 58.8 Å². The van der Waals surface area contributed by atoms with E-state index in [2.05, 4.69) is 0 Å². The molecule has 0 atom stereocenters.